The van der Waals surface area contributed by atoms with E-state index in [1.54, 1.807) is 0 Å². The molecule has 1 rings (SSSR count). The van der Waals surface area contributed by atoms with Crippen LogP contribution in [0.15, 0.2) is 18.2 Å². The van der Waals surface area contributed by atoms with Gasteiger partial charge in [-0.2, -0.15) is 0 Å². The third kappa shape index (κ3) is 6.94. The Balaban J connectivity index is 2.70. The van der Waals surface area contributed by atoms with E-state index >= 15 is 0 Å². The number of anilines is 1. The first-order chi connectivity index (χ1) is 9.81. The molecule has 4 heteroatoms. The number of benzene rings is 1. The van der Waals surface area contributed by atoms with Gasteiger partial charge in [0.25, 0.3) is 0 Å². The molecule has 1 amide bonds. The van der Waals surface area contributed by atoms with Crippen molar-refractivity contribution in [1.82, 2.24) is 0 Å². The van der Waals surface area contributed by atoms with Crippen molar-refractivity contribution in [2.24, 2.45) is 0 Å². The van der Waals surface area contributed by atoms with Crippen LogP contribution in [-0.2, 0) is 9.53 Å². The molecule has 0 saturated carbocycles. The van der Waals surface area contributed by atoms with Crippen molar-refractivity contribution in [2.75, 3.05) is 18.5 Å². The third-order valence-corrected chi connectivity index (χ3v) is 2.62. The highest BCUT2D eigenvalue weighted by atomic mass is 16.5. The van der Waals surface area contributed by atoms with E-state index < -0.39 is 0 Å². The number of aryl methyl sites for hydroxylation is 1. The average molecular weight is 289 g/mol. The number of nitrogens with one attached hydrogen (secondary N) is 1. The number of carbonyl (C=O) groups is 1. The molecule has 0 aliphatic heterocycles. The Labute approximate surface area is 126 Å². The minimum Gasteiger partial charge on any atom is -0.395 e. The first-order valence-electron chi connectivity index (χ1n) is 6.96. The monoisotopic (exact) mass is 289 g/mol. The van der Waals surface area contributed by atoms with E-state index in [1.807, 2.05) is 45.9 Å². The number of aliphatic hydroxyl groups excluding tert-OH is 1. The third-order valence-electron chi connectivity index (χ3n) is 2.62. The maximum atomic E-state index is 11.8. The quantitative estimate of drug-likeness (QED) is 0.837. The van der Waals surface area contributed by atoms with Gasteiger partial charge in [0, 0.05) is 17.7 Å². The van der Waals surface area contributed by atoms with E-state index in [1.165, 1.54) is 0 Å². The van der Waals surface area contributed by atoms with Gasteiger partial charge in [-0.15, -0.1) is 0 Å². The van der Waals surface area contributed by atoms with Crippen LogP contribution < -0.4 is 5.32 Å². The lowest BCUT2D eigenvalue weighted by atomic mass is 10.1. The lowest BCUT2D eigenvalue weighted by molar-refractivity contribution is -0.125. The number of amides is 1. The van der Waals surface area contributed by atoms with Gasteiger partial charge in [-0.3, -0.25) is 4.79 Å². The molecule has 0 fully saturated rings. The molecule has 0 aliphatic rings. The molecule has 21 heavy (non-hydrogen) atoms. The first kappa shape index (κ1) is 17.2. The highest BCUT2D eigenvalue weighted by molar-refractivity contribution is 5.91. The molecule has 0 atom stereocenters. The zero-order valence-electron chi connectivity index (χ0n) is 13.1. The number of hydrogen-bond acceptors (Lipinski definition) is 3. The van der Waals surface area contributed by atoms with E-state index in [0.717, 1.165) is 11.1 Å². The molecule has 0 bridgehead atoms. The molecule has 2 N–H and O–H groups in total. The fourth-order valence-corrected chi connectivity index (χ4v) is 1.53. The number of rotatable bonds is 4. The number of hydrogen-bond donors (Lipinski definition) is 2. The van der Waals surface area contributed by atoms with E-state index in [0.29, 0.717) is 12.1 Å². The summed E-state index contributed by atoms with van der Waals surface area (Å²) in [4.78, 5) is 11.8. The zero-order chi connectivity index (χ0) is 15.9. The lowest BCUT2D eigenvalue weighted by Gasteiger charge is -2.19. The van der Waals surface area contributed by atoms with Crippen LogP contribution in [0, 0.1) is 18.8 Å². The van der Waals surface area contributed by atoms with Crippen LogP contribution in [0.2, 0.25) is 0 Å². The minimum atomic E-state index is -0.342. The Hall–Kier alpha value is -1.83. The van der Waals surface area contributed by atoms with E-state index in [9.17, 15) is 4.79 Å². The molecule has 0 aliphatic carbocycles. The van der Waals surface area contributed by atoms with Crippen molar-refractivity contribution in [1.29, 1.82) is 0 Å². The summed E-state index contributed by atoms with van der Waals surface area (Å²) < 4.78 is 5.43. The normalized spacial score (nSPS) is 10.7. The van der Waals surface area contributed by atoms with E-state index in [4.69, 9.17) is 9.84 Å². The van der Waals surface area contributed by atoms with Gasteiger partial charge in [0.1, 0.15) is 6.61 Å². The summed E-state index contributed by atoms with van der Waals surface area (Å²) in [6.07, 6.45) is 0.440. The Kier molecular flexibility index (Phi) is 6.41. The first-order valence-corrected chi connectivity index (χ1v) is 6.96. The minimum absolute atomic E-state index is 0.0168. The van der Waals surface area contributed by atoms with Crippen LogP contribution >= 0.6 is 0 Å². The molecule has 1 aromatic carbocycles. The molecule has 0 radical (unpaired) electrons. The SMILES string of the molecule is Cc1ccc(NC(=O)COC(C)(C)C)cc1C#CCCO. The predicted octanol–water partition coefficient (Wildman–Crippen LogP) is 2.48. The van der Waals surface area contributed by atoms with Crippen molar-refractivity contribution >= 4 is 11.6 Å². The van der Waals surface area contributed by atoms with Crippen molar-refractivity contribution in [3.63, 3.8) is 0 Å². The Morgan fingerprint density at radius 3 is 2.71 bits per heavy atom. The van der Waals surface area contributed by atoms with Crippen LogP contribution in [0.25, 0.3) is 0 Å². The fraction of sp³-hybridized carbons (Fsp3) is 0.471. The maximum absolute atomic E-state index is 11.8. The second-order valence-corrected chi connectivity index (χ2v) is 5.75. The molecular formula is C17H23NO3. The number of aliphatic hydroxyl groups is 1. The van der Waals surface area contributed by atoms with Crippen LogP contribution in [0.5, 0.6) is 0 Å². The highest BCUT2D eigenvalue weighted by Crippen LogP contribution is 2.15. The predicted molar refractivity (Wildman–Crippen MR) is 84.1 cm³/mol. The van der Waals surface area contributed by atoms with Crippen molar-refractivity contribution < 1.29 is 14.6 Å². The average Bonchev–Trinajstić information content (AvgIpc) is 2.39. The summed E-state index contributed by atoms with van der Waals surface area (Å²) in [6.45, 7) is 7.73. The zero-order valence-corrected chi connectivity index (χ0v) is 13.1. The molecule has 0 saturated heterocycles. The molecule has 0 spiro atoms. The second-order valence-electron chi connectivity index (χ2n) is 5.75. The fourth-order valence-electron chi connectivity index (χ4n) is 1.53. The number of ether oxygens (including phenoxy) is 1. The van der Waals surface area contributed by atoms with E-state index in [-0.39, 0.29) is 24.7 Å². The summed E-state index contributed by atoms with van der Waals surface area (Å²) in [5.74, 6) is 5.68. The van der Waals surface area contributed by atoms with Gasteiger partial charge in [0.15, 0.2) is 0 Å². The molecule has 0 heterocycles. The van der Waals surface area contributed by atoms with Crippen LogP contribution in [0.4, 0.5) is 5.69 Å². The van der Waals surface area contributed by atoms with Gasteiger partial charge in [-0.1, -0.05) is 17.9 Å². The number of carbonyl (C=O) groups excluding carboxylic acids is 1. The molecule has 0 aromatic heterocycles. The van der Waals surface area contributed by atoms with Crippen molar-refractivity contribution in [3.05, 3.63) is 29.3 Å². The Morgan fingerprint density at radius 2 is 2.10 bits per heavy atom. The lowest BCUT2D eigenvalue weighted by Crippen LogP contribution is -2.27. The van der Waals surface area contributed by atoms with Gasteiger partial charge in [-0.25, -0.2) is 0 Å². The molecular weight excluding hydrogens is 266 g/mol. The molecule has 114 valence electrons. The van der Waals surface area contributed by atoms with Crippen LogP contribution in [0.1, 0.15) is 38.3 Å². The van der Waals surface area contributed by atoms with Gasteiger partial charge in [0.05, 0.1) is 12.2 Å². The summed E-state index contributed by atoms with van der Waals surface area (Å²) in [5, 5.41) is 11.5. The highest BCUT2D eigenvalue weighted by Gasteiger charge is 2.13. The summed E-state index contributed by atoms with van der Waals surface area (Å²) in [7, 11) is 0. The molecule has 4 nitrogen and oxygen atoms in total. The van der Waals surface area contributed by atoms with Gasteiger partial charge < -0.3 is 15.2 Å². The second kappa shape index (κ2) is 7.82. The molecule has 0 unspecified atom stereocenters. The topological polar surface area (TPSA) is 58.6 Å². The van der Waals surface area contributed by atoms with Gasteiger partial charge in [0.2, 0.25) is 5.91 Å². The van der Waals surface area contributed by atoms with Gasteiger partial charge >= 0.3 is 0 Å². The summed E-state index contributed by atoms with van der Waals surface area (Å²) in [5.41, 5.74) is 2.23. The standard InChI is InChI=1S/C17H23NO3/c1-13-8-9-15(11-14(13)7-5-6-10-19)18-16(20)12-21-17(2,3)4/h8-9,11,19H,6,10,12H2,1-4H3,(H,18,20). The Bertz CT molecular complexity index is 547. The van der Waals surface area contributed by atoms with E-state index in [2.05, 4.69) is 17.2 Å². The van der Waals surface area contributed by atoms with Crippen molar-refractivity contribution in [2.45, 2.75) is 39.7 Å². The summed E-state index contributed by atoms with van der Waals surface area (Å²) in [6, 6.07) is 5.57. The molecule has 1 aromatic rings. The van der Waals surface area contributed by atoms with Gasteiger partial charge in [-0.05, 0) is 45.4 Å². The summed E-state index contributed by atoms with van der Waals surface area (Å²) >= 11 is 0. The van der Waals surface area contributed by atoms with Crippen LogP contribution in [0.3, 0.4) is 0 Å². The smallest absolute Gasteiger partial charge is 0.250 e. The maximum Gasteiger partial charge on any atom is 0.250 e. The Morgan fingerprint density at radius 1 is 1.38 bits per heavy atom. The largest absolute Gasteiger partial charge is 0.395 e. The van der Waals surface area contributed by atoms with Crippen molar-refractivity contribution in [3.8, 4) is 11.8 Å². The van der Waals surface area contributed by atoms with Crippen LogP contribution in [-0.4, -0.2) is 29.8 Å².